The summed E-state index contributed by atoms with van der Waals surface area (Å²) in [6.45, 7) is 4.82. The molecule has 1 aliphatic rings. The highest BCUT2D eigenvalue weighted by Gasteiger charge is 2.43. The quantitative estimate of drug-likeness (QED) is 0.667. The molecule has 1 atom stereocenters. The van der Waals surface area contributed by atoms with Crippen molar-refractivity contribution in [2.45, 2.75) is 32.2 Å². The van der Waals surface area contributed by atoms with E-state index < -0.39 is 17.2 Å². The lowest BCUT2D eigenvalue weighted by molar-refractivity contribution is -0.235. The molecule has 0 saturated heterocycles. The van der Waals surface area contributed by atoms with Gasteiger partial charge in [0.15, 0.2) is 11.5 Å². The van der Waals surface area contributed by atoms with Crippen molar-refractivity contribution in [1.29, 1.82) is 0 Å². The number of Topliss-reactive ketones (excluding diaryl/α,β-unsaturated/α-hetero) is 1. The largest absolute Gasteiger partial charge is 0.504 e. The van der Waals surface area contributed by atoms with Crippen molar-refractivity contribution in [1.82, 2.24) is 0 Å². The Bertz CT molecular complexity index is 267. The minimum absolute atomic E-state index is 0.305. The molecule has 0 aliphatic carbocycles. The number of methoxy groups -OCH3 is 1. The number of hydrogen-bond acceptors (Lipinski definition) is 4. The molecular weight excluding hydrogens is 172 g/mol. The molecule has 1 rings (SSSR count). The first-order chi connectivity index (χ1) is 5.81. The van der Waals surface area contributed by atoms with Crippen molar-refractivity contribution < 1.29 is 19.4 Å². The molecule has 0 saturated carbocycles. The highest BCUT2D eigenvalue weighted by Crippen LogP contribution is 2.30. The van der Waals surface area contributed by atoms with Crippen LogP contribution < -0.4 is 0 Å². The zero-order valence-electron chi connectivity index (χ0n) is 8.25. The van der Waals surface area contributed by atoms with Crippen LogP contribution in [0.15, 0.2) is 11.8 Å². The van der Waals surface area contributed by atoms with Crippen LogP contribution in [-0.2, 0) is 14.3 Å². The van der Waals surface area contributed by atoms with E-state index in [1.165, 1.54) is 13.2 Å². The summed E-state index contributed by atoms with van der Waals surface area (Å²) >= 11 is 0. The zero-order valence-corrected chi connectivity index (χ0v) is 8.25. The Kier molecular flexibility index (Phi) is 2.21. The fourth-order valence-corrected chi connectivity index (χ4v) is 1.31. The lowest BCUT2D eigenvalue weighted by Crippen LogP contribution is -2.49. The van der Waals surface area contributed by atoms with Gasteiger partial charge in [0.1, 0.15) is 5.60 Å². The summed E-state index contributed by atoms with van der Waals surface area (Å²) in [7, 11) is 1.45. The summed E-state index contributed by atoms with van der Waals surface area (Å²) in [5, 5.41) is 9.33. The number of hydrogen-bond donors (Lipinski definition) is 1. The highest BCUT2D eigenvalue weighted by molar-refractivity contribution is 6.00. The molecule has 0 spiro atoms. The van der Waals surface area contributed by atoms with Crippen molar-refractivity contribution in [3.63, 3.8) is 0 Å². The van der Waals surface area contributed by atoms with Crippen LogP contribution in [0.1, 0.15) is 20.8 Å². The van der Waals surface area contributed by atoms with Gasteiger partial charge in [-0.2, -0.15) is 0 Å². The zero-order chi connectivity index (χ0) is 10.3. The number of carbonyl (C=O) groups excluding carboxylic acids is 1. The van der Waals surface area contributed by atoms with E-state index >= 15 is 0 Å². The van der Waals surface area contributed by atoms with Gasteiger partial charge in [0.05, 0.1) is 0 Å². The summed E-state index contributed by atoms with van der Waals surface area (Å²) < 4.78 is 10.4. The molecule has 1 aliphatic heterocycles. The van der Waals surface area contributed by atoms with Crippen LogP contribution in [0.25, 0.3) is 0 Å². The molecule has 13 heavy (non-hydrogen) atoms. The van der Waals surface area contributed by atoms with Gasteiger partial charge in [-0.05, 0) is 20.8 Å². The first-order valence-electron chi connectivity index (χ1n) is 4.03. The molecule has 1 heterocycles. The van der Waals surface area contributed by atoms with Crippen LogP contribution >= 0.6 is 0 Å². The van der Waals surface area contributed by atoms with E-state index in [9.17, 15) is 9.90 Å². The third-order valence-electron chi connectivity index (χ3n) is 2.04. The van der Waals surface area contributed by atoms with Gasteiger partial charge >= 0.3 is 0 Å². The first kappa shape index (κ1) is 10.2. The fraction of sp³-hybridized carbons (Fsp3) is 0.667. The first-order valence-corrected chi connectivity index (χ1v) is 4.03. The van der Waals surface area contributed by atoms with Crippen molar-refractivity contribution in [2.24, 2.45) is 0 Å². The molecule has 1 N–H and O–H groups in total. The van der Waals surface area contributed by atoms with Crippen LogP contribution in [0.3, 0.4) is 0 Å². The van der Waals surface area contributed by atoms with E-state index in [0.717, 1.165) is 0 Å². The molecule has 0 aromatic heterocycles. The van der Waals surface area contributed by atoms with E-state index in [0.29, 0.717) is 0 Å². The average Bonchev–Trinajstić information content (AvgIpc) is 2.00. The number of rotatable bonds is 1. The molecule has 74 valence electrons. The summed E-state index contributed by atoms with van der Waals surface area (Å²) in [5.41, 5.74) is -1.04. The van der Waals surface area contributed by atoms with E-state index in [4.69, 9.17) is 9.47 Å². The second-order valence-corrected chi connectivity index (χ2v) is 3.69. The Hall–Kier alpha value is -0.870. The van der Waals surface area contributed by atoms with Gasteiger partial charge in [-0.1, -0.05) is 0 Å². The van der Waals surface area contributed by atoms with E-state index in [2.05, 4.69) is 0 Å². The Morgan fingerprint density at radius 2 is 2.00 bits per heavy atom. The maximum atomic E-state index is 11.4. The molecule has 0 aromatic rings. The lowest BCUT2D eigenvalue weighted by atomic mass is 9.96. The van der Waals surface area contributed by atoms with Crippen molar-refractivity contribution in [3.05, 3.63) is 11.8 Å². The van der Waals surface area contributed by atoms with Gasteiger partial charge in [-0.25, -0.2) is 0 Å². The van der Waals surface area contributed by atoms with Gasteiger partial charge < -0.3 is 14.6 Å². The third kappa shape index (κ3) is 1.73. The Morgan fingerprint density at radius 3 is 2.38 bits per heavy atom. The third-order valence-corrected chi connectivity index (χ3v) is 2.04. The average molecular weight is 186 g/mol. The number of ether oxygens (including phenoxy) is 2. The molecule has 0 fully saturated rings. The number of aliphatic hydroxyl groups is 1. The van der Waals surface area contributed by atoms with Crippen LogP contribution in [0.2, 0.25) is 0 Å². The Balaban J connectivity index is 3.08. The topological polar surface area (TPSA) is 55.8 Å². The van der Waals surface area contributed by atoms with Gasteiger partial charge in [0, 0.05) is 13.2 Å². The van der Waals surface area contributed by atoms with Crippen molar-refractivity contribution >= 4 is 5.78 Å². The summed E-state index contributed by atoms with van der Waals surface area (Å²) in [6.07, 6.45) is 1.26. The predicted molar refractivity (Wildman–Crippen MR) is 46.3 cm³/mol. The smallest absolute Gasteiger partial charge is 0.228 e. The second-order valence-electron chi connectivity index (χ2n) is 3.69. The predicted octanol–water partition coefficient (Wildman–Crippen LogP) is 1.17. The number of aliphatic hydroxyl groups excluding tert-OH is 1. The van der Waals surface area contributed by atoms with Gasteiger partial charge in [0.2, 0.25) is 5.78 Å². The standard InChI is InChI=1S/C9H14O4/c1-8(2)7(11)6(10)5-9(3,12-4)13-8/h5,10H,1-4H3. The van der Waals surface area contributed by atoms with Crippen LogP contribution in [0.4, 0.5) is 0 Å². The van der Waals surface area contributed by atoms with Gasteiger partial charge in [-0.3, -0.25) is 4.79 Å². The van der Waals surface area contributed by atoms with Gasteiger partial charge in [-0.15, -0.1) is 0 Å². The van der Waals surface area contributed by atoms with E-state index in [-0.39, 0.29) is 5.76 Å². The maximum Gasteiger partial charge on any atom is 0.228 e. The van der Waals surface area contributed by atoms with Crippen LogP contribution in [-0.4, -0.2) is 29.4 Å². The van der Waals surface area contributed by atoms with Crippen LogP contribution in [0.5, 0.6) is 0 Å². The van der Waals surface area contributed by atoms with Crippen molar-refractivity contribution in [3.8, 4) is 0 Å². The summed E-state index contributed by atoms with van der Waals surface area (Å²) in [6, 6.07) is 0. The van der Waals surface area contributed by atoms with Gasteiger partial charge in [0.25, 0.3) is 0 Å². The lowest BCUT2D eigenvalue weighted by Gasteiger charge is -2.37. The van der Waals surface area contributed by atoms with E-state index in [1.54, 1.807) is 20.8 Å². The molecule has 0 amide bonds. The Labute approximate surface area is 77.1 Å². The number of ketones is 1. The number of carbonyl (C=O) groups is 1. The normalized spacial score (nSPS) is 32.9. The molecule has 0 aromatic carbocycles. The molecule has 4 nitrogen and oxygen atoms in total. The van der Waals surface area contributed by atoms with Crippen LogP contribution in [0, 0.1) is 0 Å². The summed E-state index contributed by atoms with van der Waals surface area (Å²) in [5.74, 6) is -1.76. The fourth-order valence-electron chi connectivity index (χ4n) is 1.31. The minimum atomic E-state index is -1.04. The minimum Gasteiger partial charge on any atom is -0.504 e. The monoisotopic (exact) mass is 186 g/mol. The van der Waals surface area contributed by atoms with Crippen molar-refractivity contribution in [2.75, 3.05) is 7.11 Å². The molecular formula is C9H14O4. The Morgan fingerprint density at radius 1 is 1.46 bits per heavy atom. The summed E-state index contributed by atoms with van der Waals surface area (Å²) in [4.78, 5) is 11.4. The molecule has 4 heteroatoms. The maximum absolute atomic E-state index is 11.4. The molecule has 1 unspecified atom stereocenters. The highest BCUT2D eigenvalue weighted by atomic mass is 16.7. The SMILES string of the molecule is COC1(C)C=C(O)C(=O)C(C)(C)O1. The molecule has 0 bridgehead atoms. The molecule has 0 radical (unpaired) electrons. The second kappa shape index (κ2) is 2.82. The van der Waals surface area contributed by atoms with E-state index in [1.807, 2.05) is 0 Å².